The van der Waals surface area contributed by atoms with E-state index in [9.17, 15) is 19.5 Å². The van der Waals surface area contributed by atoms with Crippen molar-refractivity contribution in [3.63, 3.8) is 0 Å². The highest BCUT2D eigenvalue weighted by molar-refractivity contribution is 5.86. The van der Waals surface area contributed by atoms with E-state index < -0.39 is 5.92 Å². The van der Waals surface area contributed by atoms with Crippen molar-refractivity contribution in [2.24, 2.45) is 11.8 Å². The third-order valence-corrected chi connectivity index (χ3v) is 6.45. The number of esters is 1. The summed E-state index contributed by atoms with van der Waals surface area (Å²) >= 11 is 0. The molecule has 2 rings (SSSR count). The number of rotatable bonds is 19. The van der Waals surface area contributed by atoms with Gasteiger partial charge in [0, 0.05) is 19.5 Å². The van der Waals surface area contributed by atoms with Gasteiger partial charge in [-0.2, -0.15) is 0 Å². The molecule has 0 aliphatic heterocycles. The third kappa shape index (κ3) is 12.1. The molecule has 0 saturated carbocycles. The van der Waals surface area contributed by atoms with Crippen molar-refractivity contribution in [3.05, 3.63) is 97.1 Å². The lowest BCUT2D eigenvalue weighted by Crippen LogP contribution is -2.39. The fourth-order valence-corrected chi connectivity index (χ4v) is 4.34. The van der Waals surface area contributed by atoms with Crippen LogP contribution in [0.4, 0.5) is 0 Å². The molecular weight excluding hydrogens is 492 g/mol. The zero-order valence-electron chi connectivity index (χ0n) is 22.8. The number of nitrogens with one attached hydrogen (secondary N) is 1. The van der Waals surface area contributed by atoms with Crippen molar-refractivity contribution in [3.8, 4) is 0 Å². The predicted octanol–water partition coefficient (Wildman–Crippen LogP) is 4.46. The number of hydrogen-bond acceptors (Lipinski definition) is 5. The van der Waals surface area contributed by atoms with E-state index >= 15 is 0 Å². The molecule has 2 amide bonds. The molecule has 0 aromatic heterocycles. The summed E-state index contributed by atoms with van der Waals surface area (Å²) in [5.74, 6) is -1.67. The van der Waals surface area contributed by atoms with Crippen molar-refractivity contribution in [1.82, 2.24) is 10.2 Å². The fourth-order valence-electron chi connectivity index (χ4n) is 4.34. The standard InChI is InChI=1S/C32H42N2O5/c1-3-5-8-18-29(23-26-14-9-6-10-15-26)32(38)39-22-19-33-31(37)28(13-4-2)24-30(36)34(20-21-35)25-27-16-11-7-12-17-27/h3-4,6-7,9-12,14-17,28-29,35H,1-2,5,8,13,18-25H2,(H,33,37)/t28-,29-/m1/s1. The van der Waals surface area contributed by atoms with Crippen molar-refractivity contribution in [1.29, 1.82) is 0 Å². The van der Waals surface area contributed by atoms with Crippen LogP contribution in [-0.2, 0) is 32.1 Å². The Morgan fingerprint density at radius 3 is 2.23 bits per heavy atom. The lowest BCUT2D eigenvalue weighted by molar-refractivity contribution is -0.149. The van der Waals surface area contributed by atoms with Crippen LogP contribution in [0.1, 0.15) is 43.2 Å². The van der Waals surface area contributed by atoms with Gasteiger partial charge in [-0.15, -0.1) is 13.2 Å². The van der Waals surface area contributed by atoms with E-state index in [-0.39, 0.29) is 56.4 Å². The molecule has 0 unspecified atom stereocenters. The number of carbonyl (C=O) groups is 3. The minimum atomic E-state index is -0.604. The van der Waals surface area contributed by atoms with E-state index in [0.717, 1.165) is 24.0 Å². The molecule has 2 aromatic rings. The average Bonchev–Trinajstić information content (AvgIpc) is 2.95. The number of aliphatic hydroxyl groups excluding tert-OH is 1. The Labute approximate surface area is 232 Å². The summed E-state index contributed by atoms with van der Waals surface area (Å²) < 4.78 is 5.51. The van der Waals surface area contributed by atoms with Gasteiger partial charge in [-0.25, -0.2) is 0 Å². The molecule has 2 atom stereocenters. The number of amides is 2. The Kier molecular flexibility index (Phi) is 15.0. The Bertz CT molecular complexity index is 1030. The molecule has 0 saturated heterocycles. The number of unbranched alkanes of at least 4 members (excludes halogenated alkanes) is 1. The second-order valence-electron chi connectivity index (χ2n) is 9.51. The van der Waals surface area contributed by atoms with Crippen LogP contribution in [0.2, 0.25) is 0 Å². The van der Waals surface area contributed by atoms with Gasteiger partial charge in [0.05, 0.1) is 25.0 Å². The first-order valence-electron chi connectivity index (χ1n) is 13.6. The molecule has 0 heterocycles. The fraction of sp³-hybridized carbons (Fsp3) is 0.406. The number of allylic oxidation sites excluding steroid dienone is 2. The first-order chi connectivity index (χ1) is 19.0. The van der Waals surface area contributed by atoms with Crippen LogP contribution >= 0.6 is 0 Å². The number of carbonyl (C=O) groups excluding carboxylic acids is 3. The quantitative estimate of drug-likeness (QED) is 0.158. The zero-order valence-corrected chi connectivity index (χ0v) is 22.8. The van der Waals surface area contributed by atoms with Gasteiger partial charge >= 0.3 is 5.97 Å². The molecule has 0 radical (unpaired) electrons. The minimum absolute atomic E-state index is 0.00702. The minimum Gasteiger partial charge on any atom is -0.464 e. The highest BCUT2D eigenvalue weighted by Crippen LogP contribution is 2.18. The Balaban J connectivity index is 1.87. The maximum atomic E-state index is 13.0. The molecule has 0 spiro atoms. The number of benzene rings is 2. The van der Waals surface area contributed by atoms with Gasteiger partial charge < -0.3 is 20.1 Å². The van der Waals surface area contributed by atoms with Crippen LogP contribution < -0.4 is 5.32 Å². The molecule has 39 heavy (non-hydrogen) atoms. The summed E-state index contributed by atoms with van der Waals surface area (Å²) in [6.45, 7) is 8.05. The summed E-state index contributed by atoms with van der Waals surface area (Å²) in [5.41, 5.74) is 2.02. The van der Waals surface area contributed by atoms with Crippen molar-refractivity contribution in [2.45, 2.75) is 45.1 Å². The van der Waals surface area contributed by atoms with E-state index in [1.54, 1.807) is 11.0 Å². The molecule has 2 N–H and O–H groups in total. The van der Waals surface area contributed by atoms with E-state index in [0.29, 0.717) is 25.8 Å². The van der Waals surface area contributed by atoms with E-state index in [1.807, 2.05) is 66.7 Å². The number of aliphatic hydroxyl groups is 1. The van der Waals surface area contributed by atoms with Gasteiger partial charge in [0.1, 0.15) is 6.61 Å². The lowest BCUT2D eigenvalue weighted by Gasteiger charge is -2.24. The summed E-state index contributed by atoms with van der Waals surface area (Å²) in [4.78, 5) is 40.2. The second kappa shape index (κ2) is 18.5. The van der Waals surface area contributed by atoms with E-state index in [4.69, 9.17) is 4.74 Å². The SMILES string of the molecule is C=CCCC[C@H](Cc1ccccc1)C(=O)OCCNC(=O)[C@H](CC=C)CC(=O)N(CCO)Cc1ccccc1. The number of ether oxygens (including phenoxy) is 1. The largest absolute Gasteiger partial charge is 0.464 e. The first-order valence-corrected chi connectivity index (χ1v) is 13.6. The van der Waals surface area contributed by atoms with Gasteiger partial charge in [-0.1, -0.05) is 72.8 Å². The summed E-state index contributed by atoms with van der Waals surface area (Å²) in [5, 5.41) is 12.2. The van der Waals surface area contributed by atoms with Crippen LogP contribution in [0.3, 0.4) is 0 Å². The topological polar surface area (TPSA) is 95.9 Å². The van der Waals surface area contributed by atoms with Gasteiger partial charge in [-0.3, -0.25) is 14.4 Å². The molecule has 210 valence electrons. The van der Waals surface area contributed by atoms with E-state index in [1.165, 1.54) is 0 Å². The average molecular weight is 535 g/mol. The maximum absolute atomic E-state index is 13.0. The zero-order chi connectivity index (χ0) is 28.3. The van der Waals surface area contributed by atoms with Gasteiger partial charge in [-0.05, 0) is 43.2 Å². The molecule has 7 heteroatoms. The predicted molar refractivity (Wildman–Crippen MR) is 154 cm³/mol. The van der Waals surface area contributed by atoms with Crippen LogP contribution in [0, 0.1) is 11.8 Å². The summed E-state index contributed by atoms with van der Waals surface area (Å²) in [6, 6.07) is 19.3. The van der Waals surface area contributed by atoms with E-state index in [2.05, 4.69) is 18.5 Å². The Morgan fingerprint density at radius 1 is 0.949 bits per heavy atom. The Morgan fingerprint density at radius 2 is 1.62 bits per heavy atom. The lowest BCUT2D eigenvalue weighted by atomic mass is 9.94. The molecule has 0 fully saturated rings. The van der Waals surface area contributed by atoms with Crippen LogP contribution in [0.25, 0.3) is 0 Å². The van der Waals surface area contributed by atoms with Crippen LogP contribution in [-0.4, -0.2) is 54.1 Å². The van der Waals surface area contributed by atoms with Gasteiger partial charge in [0.25, 0.3) is 0 Å². The smallest absolute Gasteiger partial charge is 0.309 e. The first kappa shape index (κ1) is 31.5. The molecule has 2 aromatic carbocycles. The monoisotopic (exact) mass is 534 g/mol. The molecule has 0 aliphatic rings. The highest BCUT2D eigenvalue weighted by Gasteiger charge is 2.24. The molecule has 7 nitrogen and oxygen atoms in total. The van der Waals surface area contributed by atoms with Crippen molar-refractivity contribution in [2.75, 3.05) is 26.3 Å². The van der Waals surface area contributed by atoms with Crippen molar-refractivity contribution >= 4 is 17.8 Å². The normalized spacial score (nSPS) is 12.1. The van der Waals surface area contributed by atoms with Crippen molar-refractivity contribution < 1.29 is 24.2 Å². The number of nitrogens with zero attached hydrogens (tertiary/aromatic N) is 1. The third-order valence-electron chi connectivity index (χ3n) is 6.45. The molecular formula is C32H42N2O5. The summed E-state index contributed by atoms with van der Waals surface area (Å²) in [6.07, 6.45) is 6.76. The molecule has 0 aliphatic carbocycles. The van der Waals surface area contributed by atoms with Crippen LogP contribution in [0.5, 0.6) is 0 Å². The highest BCUT2D eigenvalue weighted by atomic mass is 16.5. The summed E-state index contributed by atoms with van der Waals surface area (Å²) in [7, 11) is 0. The second-order valence-corrected chi connectivity index (χ2v) is 9.51. The molecule has 0 bridgehead atoms. The Hall–Kier alpha value is -3.71. The van der Waals surface area contributed by atoms with Gasteiger partial charge in [0.2, 0.25) is 11.8 Å². The van der Waals surface area contributed by atoms with Gasteiger partial charge in [0.15, 0.2) is 0 Å². The number of hydrogen-bond donors (Lipinski definition) is 2. The maximum Gasteiger partial charge on any atom is 0.309 e. The van der Waals surface area contributed by atoms with Crippen LogP contribution in [0.15, 0.2) is 86.0 Å².